The van der Waals surface area contributed by atoms with Gasteiger partial charge in [-0.15, -0.1) is 0 Å². The van der Waals surface area contributed by atoms with Gasteiger partial charge in [-0.1, -0.05) is 6.07 Å². The van der Waals surface area contributed by atoms with Gasteiger partial charge in [-0.05, 0) is 30.5 Å². The fraction of sp³-hybridized carbons (Fsp3) is 0.316. The fourth-order valence-corrected chi connectivity index (χ4v) is 4.21. The zero-order valence-corrected chi connectivity index (χ0v) is 14.1. The number of nitrogens with zero attached hydrogens (tertiary/aromatic N) is 3. The van der Waals surface area contributed by atoms with Crippen molar-refractivity contribution in [1.29, 1.82) is 0 Å². The Morgan fingerprint density at radius 3 is 2.96 bits per heavy atom. The quantitative estimate of drug-likeness (QED) is 0.767. The largest absolute Gasteiger partial charge is 0.463 e. The molecule has 2 atom stereocenters. The van der Waals surface area contributed by atoms with E-state index in [0.717, 1.165) is 12.1 Å². The maximum Gasteiger partial charge on any atom is 0.274 e. The SMILES string of the molecule is O=C(c1cc(-c2ccco2)[nH]n1)N1C[C@H]2C[C@@H](C1)c1cccc(=O)n1C2. The van der Waals surface area contributed by atoms with Crippen LogP contribution in [0.3, 0.4) is 0 Å². The normalized spacial score (nSPS) is 21.5. The molecule has 2 bridgehead atoms. The van der Waals surface area contributed by atoms with E-state index in [2.05, 4.69) is 10.2 Å². The summed E-state index contributed by atoms with van der Waals surface area (Å²) < 4.78 is 7.21. The first kappa shape index (κ1) is 15.2. The number of furan rings is 1. The van der Waals surface area contributed by atoms with Crippen molar-refractivity contribution in [2.75, 3.05) is 13.1 Å². The first-order valence-electron chi connectivity index (χ1n) is 8.77. The highest BCUT2D eigenvalue weighted by atomic mass is 16.3. The summed E-state index contributed by atoms with van der Waals surface area (Å²) >= 11 is 0. The summed E-state index contributed by atoms with van der Waals surface area (Å²) in [6.07, 6.45) is 2.61. The minimum absolute atomic E-state index is 0.0485. The number of rotatable bonds is 2. The number of aromatic amines is 1. The summed E-state index contributed by atoms with van der Waals surface area (Å²) in [5.41, 5.74) is 2.16. The number of carbonyl (C=O) groups excluding carboxylic acids is 1. The molecule has 0 aromatic carbocycles. The number of hydrogen-bond acceptors (Lipinski definition) is 4. The van der Waals surface area contributed by atoms with Crippen LogP contribution in [0.15, 0.2) is 51.9 Å². The summed E-state index contributed by atoms with van der Waals surface area (Å²) in [6.45, 7) is 1.94. The average Bonchev–Trinajstić information content (AvgIpc) is 3.33. The van der Waals surface area contributed by atoms with Crippen LogP contribution >= 0.6 is 0 Å². The molecule has 0 aliphatic carbocycles. The van der Waals surface area contributed by atoms with Crippen LogP contribution in [0.1, 0.15) is 28.5 Å². The van der Waals surface area contributed by atoms with E-state index in [-0.39, 0.29) is 17.4 Å². The van der Waals surface area contributed by atoms with E-state index in [9.17, 15) is 9.59 Å². The third kappa shape index (κ3) is 2.39. The van der Waals surface area contributed by atoms with Crippen molar-refractivity contribution in [3.8, 4) is 11.5 Å². The number of H-pyrrole nitrogens is 1. The van der Waals surface area contributed by atoms with Gasteiger partial charge in [-0.2, -0.15) is 5.10 Å². The summed E-state index contributed by atoms with van der Waals surface area (Å²) in [5, 5.41) is 7.03. The van der Waals surface area contributed by atoms with Crippen LogP contribution in [-0.4, -0.2) is 38.7 Å². The van der Waals surface area contributed by atoms with Crippen LogP contribution < -0.4 is 5.56 Å². The van der Waals surface area contributed by atoms with Crippen molar-refractivity contribution in [2.24, 2.45) is 5.92 Å². The van der Waals surface area contributed by atoms with E-state index in [1.807, 2.05) is 21.6 Å². The van der Waals surface area contributed by atoms with Gasteiger partial charge >= 0.3 is 0 Å². The molecule has 26 heavy (non-hydrogen) atoms. The van der Waals surface area contributed by atoms with Crippen molar-refractivity contribution in [2.45, 2.75) is 18.9 Å². The Labute approximate surface area is 149 Å². The lowest BCUT2D eigenvalue weighted by atomic mass is 9.83. The standard InChI is InChI=1S/C19H18N4O3/c24-18-5-1-3-16-13-7-12(10-23(16)18)9-22(11-13)19(25)15-8-14(20-21-15)17-4-2-6-26-17/h1-6,8,12-13H,7,9-11H2,(H,20,21)/t12-,13+/m1/s1. The molecule has 1 saturated heterocycles. The van der Waals surface area contributed by atoms with Gasteiger partial charge in [0.2, 0.25) is 0 Å². The average molecular weight is 350 g/mol. The summed E-state index contributed by atoms with van der Waals surface area (Å²) in [5.74, 6) is 1.07. The van der Waals surface area contributed by atoms with Gasteiger partial charge in [0.05, 0.1) is 6.26 Å². The Kier molecular flexibility index (Phi) is 3.34. The monoisotopic (exact) mass is 350 g/mol. The van der Waals surface area contributed by atoms with Crippen LogP contribution in [0.25, 0.3) is 11.5 Å². The minimum atomic E-state index is -0.0829. The summed E-state index contributed by atoms with van der Waals surface area (Å²) in [4.78, 5) is 26.9. The van der Waals surface area contributed by atoms with Crippen LogP contribution in [0.5, 0.6) is 0 Å². The summed E-state index contributed by atoms with van der Waals surface area (Å²) in [7, 11) is 0. The third-order valence-corrected chi connectivity index (χ3v) is 5.35. The molecule has 0 radical (unpaired) electrons. The molecule has 1 fully saturated rings. The molecule has 3 aromatic heterocycles. The van der Waals surface area contributed by atoms with Crippen LogP contribution in [0.2, 0.25) is 0 Å². The van der Waals surface area contributed by atoms with E-state index in [1.165, 1.54) is 0 Å². The molecule has 0 saturated carbocycles. The van der Waals surface area contributed by atoms with Gasteiger partial charge in [0.1, 0.15) is 5.69 Å². The number of nitrogens with one attached hydrogen (secondary N) is 1. The molecule has 7 heteroatoms. The zero-order chi connectivity index (χ0) is 17.7. The maximum atomic E-state index is 12.9. The van der Waals surface area contributed by atoms with Crippen molar-refractivity contribution in [3.05, 3.63) is 64.4 Å². The predicted octanol–water partition coefficient (Wildman–Crippen LogP) is 2.09. The van der Waals surface area contributed by atoms with E-state index < -0.39 is 0 Å². The molecular weight excluding hydrogens is 332 g/mol. The molecule has 5 heterocycles. The molecule has 0 spiro atoms. The lowest BCUT2D eigenvalue weighted by Crippen LogP contribution is -2.49. The van der Waals surface area contributed by atoms with Gasteiger partial charge in [0.25, 0.3) is 11.5 Å². The number of piperidine rings is 1. The van der Waals surface area contributed by atoms with E-state index in [4.69, 9.17) is 4.42 Å². The van der Waals surface area contributed by atoms with E-state index in [0.29, 0.717) is 42.7 Å². The highest BCUT2D eigenvalue weighted by Gasteiger charge is 2.37. The van der Waals surface area contributed by atoms with Gasteiger partial charge in [0.15, 0.2) is 11.5 Å². The van der Waals surface area contributed by atoms with Crippen molar-refractivity contribution < 1.29 is 9.21 Å². The molecule has 2 aliphatic rings. The Morgan fingerprint density at radius 2 is 2.12 bits per heavy atom. The van der Waals surface area contributed by atoms with Gasteiger partial charge in [-0.25, -0.2) is 0 Å². The highest BCUT2D eigenvalue weighted by Crippen LogP contribution is 2.35. The number of fused-ring (bicyclic) bond motifs is 4. The molecule has 5 rings (SSSR count). The van der Waals surface area contributed by atoms with Crippen molar-refractivity contribution in [1.82, 2.24) is 19.7 Å². The summed E-state index contributed by atoms with van der Waals surface area (Å²) in [6, 6.07) is 10.8. The smallest absolute Gasteiger partial charge is 0.274 e. The number of amides is 1. The topological polar surface area (TPSA) is 84.1 Å². The molecule has 1 N–H and O–H groups in total. The van der Waals surface area contributed by atoms with Crippen molar-refractivity contribution >= 4 is 5.91 Å². The van der Waals surface area contributed by atoms with Gasteiger partial charge in [-0.3, -0.25) is 14.7 Å². The third-order valence-electron chi connectivity index (χ3n) is 5.35. The molecule has 2 aliphatic heterocycles. The fourth-order valence-electron chi connectivity index (χ4n) is 4.21. The Hall–Kier alpha value is -3.09. The first-order chi connectivity index (χ1) is 12.7. The molecule has 3 aromatic rings. The second-order valence-electron chi connectivity index (χ2n) is 7.05. The lowest BCUT2D eigenvalue weighted by molar-refractivity contribution is 0.0588. The molecule has 7 nitrogen and oxygen atoms in total. The van der Waals surface area contributed by atoms with E-state index >= 15 is 0 Å². The zero-order valence-electron chi connectivity index (χ0n) is 14.1. The van der Waals surface area contributed by atoms with E-state index in [1.54, 1.807) is 30.5 Å². The second kappa shape index (κ2) is 5.72. The highest BCUT2D eigenvalue weighted by molar-refractivity contribution is 5.93. The second-order valence-corrected chi connectivity index (χ2v) is 7.05. The first-order valence-corrected chi connectivity index (χ1v) is 8.77. The van der Waals surface area contributed by atoms with Gasteiger partial charge < -0.3 is 13.9 Å². The number of aromatic nitrogens is 3. The molecule has 0 unspecified atom stereocenters. The Bertz CT molecular complexity index is 1020. The number of likely N-dealkylation sites (tertiary alicyclic amines) is 1. The number of carbonyl (C=O) groups is 1. The number of hydrogen-bond donors (Lipinski definition) is 1. The van der Waals surface area contributed by atoms with Crippen LogP contribution in [0, 0.1) is 5.92 Å². The van der Waals surface area contributed by atoms with Crippen LogP contribution in [0.4, 0.5) is 0 Å². The Morgan fingerprint density at radius 1 is 1.19 bits per heavy atom. The molecule has 1 amide bonds. The van der Waals surface area contributed by atoms with Crippen LogP contribution in [-0.2, 0) is 6.54 Å². The molecular formula is C19H18N4O3. The molecule has 132 valence electrons. The Balaban J connectivity index is 1.41. The van der Waals surface area contributed by atoms with Crippen molar-refractivity contribution in [3.63, 3.8) is 0 Å². The minimum Gasteiger partial charge on any atom is -0.463 e. The predicted molar refractivity (Wildman–Crippen MR) is 93.7 cm³/mol. The lowest BCUT2D eigenvalue weighted by Gasteiger charge is -2.42. The van der Waals surface area contributed by atoms with Gasteiger partial charge in [0, 0.05) is 43.4 Å². The number of pyridine rings is 1. The maximum absolute atomic E-state index is 12.9.